The van der Waals surface area contributed by atoms with Crippen LogP contribution in [0, 0.1) is 0 Å². The third kappa shape index (κ3) is 3.89. The number of pyridine rings is 1. The Hall–Kier alpha value is -1.27. The number of hydrogen-bond donors (Lipinski definition) is 1. The minimum Gasteiger partial charge on any atom is -0.379 e. The molecule has 21 heavy (non-hydrogen) atoms. The molecule has 118 valence electrons. The molecular formula is C15H22F2N2O2. The Labute approximate surface area is 123 Å². The minimum absolute atomic E-state index is 0.211. The second kappa shape index (κ2) is 6.66. The average molecular weight is 300 g/mol. The number of rotatable bonds is 5. The van der Waals surface area contributed by atoms with Crippen molar-refractivity contribution in [1.82, 2.24) is 9.88 Å². The van der Waals surface area contributed by atoms with Gasteiger partial charge in [-0.3, -0.25) is 9.69 Å². The van der Waals surface area contributed by atoms with Crippen LogP contribution < -0.4 is 5.56 Å². The van der Waals surface area contributed by atoms with Gasteiger partial charge >= 0.3 is 0 Å². The molecule has 2 heterocycles. The van der Waals surface area contributed by atoms with Crippen LogP contribution in [0.25, 0.3) is 0 Å². The third-order valence-electron chi connectivity index (χ3n) is 4.11. The number of aromatic nitrogens is 1. The van der Waals surface area contributed by atoms with Crippen LogP contribution in [0.2, 0.25) is 0 Å². The maximum Gasteiger partial charge on any atom is 0.254 e. The highest BCUT2D eigenvalue weighted by Crippen LogP contribution is 2.35. The minimum atomic E-state index is -2.77. The molecule has 1 aliphatic rings. The van der Waals surface area contributed by atoms with E-state index >= 15 is 0 Å². The van der Waals surface area contributed by atoms with Crippen LogP contribution in [-0.4, -0.2) is 42.1 Å². The molecule has 4 nitrogen and oxygen atoms in total. The van der Waals surface area contributed by atoms with Crippen LogP contribution in [0.5, 0.6) is 0 Å². The summed E-state index contributed by atoms with van der Waals surface area (Å²) in [4.78, 5) is 16.6. The van der Waals surface area contributed by atoms with Crippen molar-refractivity contribution in [3.8, 4) is 0 Å². The SMILES string of the molecule is CCC(F)(F)C(C)c1c[nH]c(=O)c(CN2CCOCC2)c1. The van der Waals surface area contributed by atoms with Gasteiger partial charge in [-0.05, 0) is 11.6 Å². The molecule has 1 N–H and O–H groups in total. The fourth-order valence-electron chi connectivity index (χ4n) is 2.47. The topological polar surface area (TPSA) is 45.3 Å². The van der Waals surface area contributed by atoms with Crippen molar-refractivity contribution in [1.29, 1.82) is 0 Å². The summed E-state index contributed by atoms with van der Waals surface area (Å²) in [6.07, 6.45) is 1.19. The van der Waals surface area contributed by atoms with E-state index in [-0.39, 0.29) is 12.0 Å². The fourth-order valence-corrected chi connectivity index (χ4v) is 2.47. The molecule has 1 saturated heterocycles. The number of H-pyrrole nitrogens is 1. The Morgan fingerprint density at radius 1 is 1.43 bits per heavy atom. The zero-order valence-electron chi connectivity index (χ0n) is 12.5. The summed E-state index contributed by atoms with van der Waals surface area (Å²) in [5, 5.41) is 0. The first kappa shape index (κ1) is 16.1. The normalized spacial score (nSPS) is 18.7. The third-order valence-corrected chi connectivity index (χ3v) is 4.11. The van der Waals surface area contributed by atoms with E-state index in [0.29, 0.717) is 30.9 Å². The lowest BCUT2D eigenvalue weighted by atomic mass is 9.93. The summed E-state index contributed by atoms with van der Waals surface area (Å²) >= 11 is 0. The van der Waals surface area contributed by atoms with Gasteiger partial charge < -0.3 is 9.72 Å². The first-order chi connectivity index (χ1) is 9.94. The zero-order chi connectivity index (χ0) is 15.5. The van der Waals surface area contributed by atoms with E-state index in [1.54, 1.807) is 6.07 Å². The van der Waals surface area contributed by atoms with E-state index in [1.165, 1.54) is 20.0 Å². The molecule has 0 aliphatic carbocycles. The highest BCUT2D eigenvalue weighted by Gasteiger charge is 2.35. The number of nitrogens with one attached hydrogen (secondary N) is 1. The van der Waals surface area contributed by atoms with E-state index in [9.17, 15) is 13.6 Å². The summed E-state index contributed by atoms with van der Waals surface area (Å²) < 4.78 is 32.9. The predicted molar refractivity (Wildman–Crippen MR) is 76.8 cm³/mol. The van der Waals surface area contributed by atoms with Gasteiger partial charge in [-0.2, -0.15) is 0 Å². The molecule has 6 heteroatoms. The highest BCUT2D eigenvalue weighted by atomic mass is 19.3. The Morgan fingerprint density at radius 2 is 2.10 bits per heavy atom. The van der Waals surface area contributed by atoms with Gasteiger partial charge in [0.1, 0.15) is 0 Å². The number of nitrogens with zero attached hydrogens (tertiary/aromatic N) is 1. The number of alkyl halides is 2. The average Bonchev–Trinajstić information content (AvgIpc) is 2.50. The first-order valence-electron chi connectivity index (χ1n) is 7.33. The van der Waals surface area contributed by atoms with Crippen LogP contribution >= 0.6 is 0 Å². The van der Waals surface area contributed by atoms with Crippen molar-refractivity contribution >= 4 is 0 Å². The number of aromatic amines is 1. The van der Waals surface area contributed by atoms with Gasteiger partial charge in [0.2, 0.25) is 0 Å². The smallest absolute Gasteiger partial charge is 0.254 e. The lowest BCUT2D eigenvalue weighted by Crippen LogP contribution is -2.37. The number of hydrogen-bond acceptors (Lipinski definition) is 3. The molecule has 2 rings (SSSR count). The highest BCUT2D eigenvalue weighted by molar-refractivity contribution is 5.23. The molecule has 1 aliphatic heterocycles. The van der Waals surface area contributed by atoms with Crippen LogP contribution in [-0.2, 0) is 11.3 Å². The summed E-state index contributed by atoms with van der Waals surface area (Å²) in [6.45, 7) is 6.22. The number of ether oxygens (including phenoxy) is 1. The monoisotopic (exact) mass is 300 g/mol. The lowest BCUT2D eigenvalue weighted by molar-refractivity contribution is -0.0260. The molecule has 0 saturated carbocycles. The first-order valence-corrected chi connectivity index (χ1v) is 7.33. The molecule has 1 fully saturated rings. The van der Waals surface area contributed by atoms with Crippen molar-refractivity contribution in [2.45, 2.75) is 38.7 Å². The molecule has 1 unspecified atom stereocenters. The van der Waals surface area contributed by atoms with Crippen LogP contribution in [0.4, 0.5) is 8.78 Å². The molecule has 0 spiro atoms. The van der Waals surface area contributed by atoms with E-state index in [1.807, 2.05) is 0 Å². The predicted octanol–water partition coefficient (Wildman–Crippen LogP) is 2.36. The van der Waals surface area contributed by atoms with Crippen LogP contribution in [0.1, 0.15) is 37.3 Å². The van der Waals surface area contributed by atoms with E-state index in [0.717, 1.165) is 13.1 Å². The van der Waals surface area contributed by atoms with Gasteiger partial charge in [0.15, 0.2) is 0 Å². The van der Waals surface area contributed by atoms with E-state index in [4.69, 9.17) is 4.74 Å². The van der Waals surface area contributed by atoms with Gasteiger partial charge in [0, 0.05) is 43.7 Å². The number of halogens is 2. The largest absolute Gasteiger partial charge is 0.379 e. The Morgan fingerprint density at radius 3 is 2.71 bits per heavy atom. The summed E-state index contributed by atoms with van der Waals surface area (Å²) in [5.74, 6) is -3.68. The van der Waals surface area contributed by atoms with Crippen LogP contribution in [0.3, 0.4) is 0 Å². The Bertz CT molecular complexity index is 525. The van der Waals surface area contributed by atoms with Crippen LogP contribution in [0.15, 0.2) is 17.1 Å². The Balaban J connectivity index is 2.18. The van der Waals surface area contributed by atoms with Crippen molar-refractivity contribution in [2.24, 2.45) is 0 Å². The zero-order valence-corrected chi connectivity index (χ0v) is 12.5. The van der Waals surface area contributed by atoms with Gasteiger partial charge in [0.25, 0.3) is 11.5 Å². The van der Waals surface area contributed by atoms with Gasteiger partial charge in [-0.25, -0.2) is 8.78 Å². The van der Waals surface area contributed by atoms with Gasteiger partial charge in [-0.15, -0.1) is 0 Å². The molecule has 0 aromatic carbocycles. The maximum absolute atomic E-state index is 13.8. The van der Waals surface area contributed by atoms with Gasteiger partial charge in [0.05, 0.1) is 13.2 Å². The van der Waals surface area contributed by atoms with Crippen molar-refractivity contribution in [3.63, 3.8) is 0 Å². The van der Waals surface area contributed by atoms with Crippen molar-refractivity contribution in [2.75, 3.05) is 26.3 Å². The second-order valence-electron chi connectivity index (χ2n) is 5.51. The molecule has 0 bridgehead atoms. The standard InChI is InChI=1S/C15H22F2N2O2/c1-3-15(16,17)11(2)12-8-13(14(20)18-9-12)10-19-4-6-21-7-5-19/h8-9,11H,3-7,10H2,1-2H3,(H,18,20). The quantitative estimate of drug-likeness (QED) is 0.908. The van der Waals surface area contributed by atoms with Crippen molar-refractivity contribution < 1.29 is 13.5 Å². The summed E-state index contributed by atoms with van der Waals surface area (Å²) in [7, 11) is 0. The molecule has 1 aromatic rings. The maximum atomic E-state index is 13.8. The number of morpholine rings is 1. The van der Waals surface area contributed by atoms with Crippen molar-refractivity contribution in [3.05, 3.63) is 33.7 Å². The van der Waals surface area contributed by atoms with Gasteiger partial charge in [-0.1, -0.05) is 13.8 Å². The molecule has 1 atom stereocenters. The summed E-state index contributed by atoms with van der Waals surface area (Å²) in [5.41, 5.74) is 0.801. The molecule has 0 amide bonds. The summed E-state index contributed by atoms with van der Waals surface area (Å²) in [6, 6.07) is 1.61. The lowest BCUT2D eigenvalue weighted by Gasteiger charge is -2.27. The molecule has 1 aromatic heterocycles. The molecular weight excluding hydrogens is 278 g/mol. The van der Waals surface area contributed by atoms with E-state index < -0.39 is 11.8 Å². The second-order valence-corrected chi connectivity index (χ2v) is 5.51. The van der Waals surface area contributed by atoms with E-state index in [2.05, 4.69) is 9.88 Å². The fraction of sp³-hybridized carbons (Fsp3) is 0.667. The Kier molecular flexibility index (Phi) is 5.11. The molecule has 0 radical (unpaired) electrons.